The fraction of sp³-hybridized carbons (Fsp3) is 0.615. The van der Waals surface area contributed by atoms with Gasteiger partial charge in [-0.1, -0.05) is 0 Å². The third kappa shape index (κ3) is 3.01. The number of carbonyl (C=O) groups excluding carboxylic acids is 1. The lowest BCUT2D eigenvalue weighted by molar-refractivity contribution is -0.141. The van der Waals surface area contributed by atoms with E-state index in [1.807, 2.05) is 13.8 Å². The second-order valence-electron chi connectivity index (χ2n) is 4.96. The molecule has 1 unspecified atom stereocenters. The minimum absolute atomic E-state index is 0.0111. The van der Waals surface area contributed by atoms with Gasteiger partial charge in [0.15, 0.2) is 11.9 Å². The van der Waals surface area contributed by atoms with Crippen molar-refractivity contribution >= 4 is 11.7 Å². The van der Waals surface area contributed by atoms with E-state index < -0.39 is 6.10 Å². The summed E-state index contributed by atoms with van der Waals surface area (Å²) in [5, 5.41) is 0. The predicted molar refractivity (Wildman–Crippen MR) is 72.2 cm³/mol. The molecule has 0 aromatic carbocycles. The first kappa shape index (κ1) is 13.7. The van der Waals surface area contributed by atoms with Gasteiger partial charge in [0.25, 0.3) is 5.91 Å². The number of ether oxygens (including phenoxy) is 1. The van der Waals surface area contributed by atoms with Crippen LogP contribution in [0.25, 0.3) is 0 Å². The van der Waals surface area contributed by atoms with Crippen LogP contribution in [-0.4, -0.2) is 60.7 Å². The van der Waals surface area contributed by atoms with Gasteiger partial charge in [-0.25, -0.2) is 4.98 Å². The zero-order chi connectivity index (χ0) is 14.0. The Morgan fingerprint density at radius 3 is 2.89 bits per heavy atom. The van der Waals surface area contributed by atoms with Crippen LogP contribution in [0.1, 0.15) is 11.4 Å². The fourth-order valence-corrected chi connectivity index (χ4v) is 2.10. The highest BCUT2D eigenvalue weighted by atomic mass is 16.5. The first-order valence-electron chi connectivity index (χ1n) is 6.37. The van der Waals surface area contributed by atoms with Gasteiger partial charge in [-0.15, -0.1) is 0 Å². The molecule has 0 N–H and O–H groups in total. The van der Waals surface area contributed by atoms with E-state index in [2.05, 4.69) is 14.9 Å². The first-order valence-corrected chi connectivity index (χ1v) is 6.37. The molecular weight excluding hydrogens is 244 g/mol. The summed E-state index contributed by atoms with van der Waals surface area (Å²) in [6.07, 6.45) is 1.33. The number of morpholine rings is 1. The number of likely N-dealkylation sites (N-methyl/N-ethyl adjacent to an activating group) is 1. The molecule has 1 atom stereocenters. The molecule has 1 aromatic heterocycles. The molecule has 2 heterocycles. The van der Waals surface area contributed by atoms with Crippen molar-refractivity contribution < 1.29 is 9.53 Å². The Kier molecular flexibility index (Phi) is 3.99. The van der Waals surface area contributed by atoms with Crippen LogP contribution in [0.3, 0.4) is 0 Å². The Hall–Kier alpha value is -1.69. The van der Waals surface area contributed by atoms with Crippen LogP contribution in [0.2, 0.25) is 0 Å². The highest BCUT2D eigenvalue weighted by Crippen LogP contribution is 2.19. The van der Waals surface area contributed by atoms with Crippen molar-refractivity contribution in [1.29, 1.82) is 0 Å². The van der Waals surface area contributed by atoms with E-state index in [9.17, 15) is 4.79 Å². The van der Waals surface area contributed by atoms with Crippen molar-refractivity contribution in [3.8, 4) is 0 Å². The normalized spacial score (nSPS) is 19.4. The summed E-state index contributed by atoms with van der Waals surface area (Å²) in [6, 6.07) is 0. The third-order valence-corrected chi connectivity index (χ3v) is 3.13. The molecule has 0 spiro atoms. The molecule has 1 saturated heterocycles. The molecule has 6 nitrogen and oxygen atoms in total. The van der Waals surface area contributed by atoms with Crippen LogP contribution in [0.4, 0.5) is 5.82 Å². The average molecular weight is 264 g/mol. The molecule has 0 radical (unpaired) electrons. The maximum absolute atomic E-state index is 12.0. The van der Waals surface area contributed by atoms with Gasteiger partial charge >= 0.3 is 0 Å². The second kappa shape index (κ2) is 5.52. The molecule has 1 aromatic rings. The molecule has 104 valence electrons. The van der Waals surface area contributed by atoms with Crippen LogP contribution < -0.4 is 4.90 Å². The van der Waals surface area contributed by atoms with Gasteiger partial charge in [0.05, 0.1) is 24.5 Å². The Morgan fingerprint density at radius 1 is 1.47 bits per heavy atom. The van der Waals surface area contributed by atoms with Crippen molar-refractivity contribution in [3.05, 3.63) is 17.6 Å². The van der Waals surface area contributed by atoms with Crippen LogP contribution in [0.15, 0.2) is 6.20 Å². The quantitative estimate of drug-likeness (QED) is 0.773. The molecule has 1 aliphatic rings. The molecule has 6 heteroatoms. The van der Waals surface area contributed by atoms with Crippen molar-refractivity contribution in [3.63, 3.8) is 0 Å². The number of anilines is 1. The summed E-state index contributed by atoms with van der Waals surface area (Å²) in [5.41, 5.74) is 1.76. The molecule has 1 aliphatic heterocycles. The minimum atomic E-state index is -0.425. The van der Waals surface area contributed by atoms with Gasteiger partial charge in [-0.2, -0.15) is 0 Å². The molecule has 1 fully saturated rings. The van der Waals surface area contributed by atoms with Crippen molar-refractivity contribution in [2.75, 3.05) is 38.7 Å². The number of rotatable bonds is 2. The van der Waals surface area contributed by atoms with E-state index in [0.29, 0.717) is 13.2 Å². The summed E-state index contributed by atoms with van der Waals surface area (Å²) in [5.74, 6) is 0.836. The number of amides is 1. The third-order valence-electron chi connectivity index (χ3n) is 3.13. The summed E-state index contributed by atoms with van der Waals surface area (Å²) < 4.78 is 5.54. The Labute approximate surface area is 113 Å². The van der Waals surface area contributed by atoms with Gasteiger partial charge in [0.1, 0.15) is 0 Å². The standard InChI is InChI=1S/C13H20N4O2/c1-9-7-14-10(2)12(15-9)17-5-6-19-11(8-17)13(18)16(3)4/h7,11H,5-6,8H2,1-4H3. The zero-order valence-electron chi connectivity index (χ0n) is 11.9. The monoisotopic (exact) mass is 264 g/mol. The minimum Gasteiger partial charge on any atom is -0.365 e. The molecule has 0 aliphatic carbocycles. The Morgan fingerprint density at radius 2 is 2.21 bits per heavy atom. The predicted octanol–water partition coefficient (Wildman–Crippen LogP) is 0.387. The van der Waals surface area contributed by atoms with Crippen LogP contribution in [0, 0.1) is 13.8 Å². The lowest BCUT2D eigenvalue weighted by atomic mass is 10.2. The fourth-order valence-electron chi connectivity index (χ4n) is 2.10. The van der Waals surface area contributed by atoms with E-state index in [1.54, 1.807) is 25.2 Å². The summed E-state index contributed by atoms with van der Waals surface area (Å²) in [4.78, 5) is 24.4. The van der Waals surface area contributed by atoms with E-state index in [-0.39, 0.29) is 5.91 Å². The van der Waals surface area contributed by atoms with Crippen molar-refractivity contribution in [2.45, 2.75) is 20.0 Å². The van der Waals surface area contributed by atoms with E-state index in [4.69, 9.17) is 4.74 Å². The SMILES string of the molecule is Cc1cnc(C)c(N2CCOC(C(=O)N(C)C)C2)n1. The molecular formula is C13H20N4O2. The molecule has 0 saturated carbocycles. The lowest BCUT2D eigenvalue weighted by Crippen LogP contribution is -2.50. The van der Waals surface area contributed by atoms with E-state index in [1.165, 1.54) is 0 Å². The molecule has 2 rings (SSSR count). The lowest BCUT2D eigenvalue weighted by Gasteiger charge is -2.34. The highest BCUT2D eigenvalue weighted by Gasteiger charge is 2.29. The second-order valence-corrected chi connectivity index (χ2v) is 4.96. The van der Waals surface area contributed by atoms with Gasteiger partial charge in [-0.05, 0) is 13.8 Å². The zero-order valence-corrected chi connectivity index (χ0v) is 11.9. The average Bonchev–Trinajstić information content (AvgIpc) is 2.40. The summed E-state index contributed by atoms with van der Waals surface area (Å²) in [6.45, 7) is 5.63. The Balaban J connectivity index is 2.17. The highest BCUT2D eigenvalue weighted by molar-refractivity contribution is 5.81. The van der Waals surface area contributed by atoms with Crippen LogP contribution in [0.5, 0.6) is 0 Å². The van der Waals surface area contributed by atoms with Crippen LogP contribution >= 0.6 is 0 Å². The van der Waals surface area contributed by atoms with Crippen molar-refractivity contribution in [1.82, 2.24) is 14.9 Å². The maximum Gasteiger partial charge on any atom is 0.253 e. The summed E-state index contributed by atoms with van der Waals surface area (Å²) >= 11 is 0. The van der Waals surface area contributed by atoms with Crippen LogP contribution in [-0.2, 0) is 9.53 Å². The van der Waals surface area contributed by atoms with Gasteiger partial charge < -0.3 is 14.5 Å². The van der Waals surface area contributed by atoms with Crippen molar-refractivity contribution in [2.24, 2.45) is 0 Å². The number of nitrogens with zero attached hydrogens (tertiary/aromatic N) is 4. The molecule has 1 amide bonds. The maximum atomic E-state index is 12.0. The number of aromatic nitrogens is 2. The molecule has 19 heavy (non-hydrogen) atoms. The molecule has 0 bridgehead atoms. The van der Waals surface area contributed by atoms with E-state index in [0.717, 1.165) is 23.8 Å². The number of hydrogen-bond acceptors (Lipinski definition) is 5. The largest absolute Gasteiger partial charge is 0.365 e. The smallest absolute Gasteiger partial charge is 0.253 e. The van der Waals surface area contributed by atoms with E-state index >= 15 is 0 Å². The number of carbonyl (C=O) groups is 1. The number of aryl methyl sites for hydroxylation is 2. The summed E-state index contributed by atoms with van der Waals surface area (Å²) in [7, 11) is 3.48. The van der Waals surface area contributed by atoms with Gasteiger partial charge in [-0.3, -0.25) is 9.78 Å². The van der Waals surface area contributed by atoms with Gasteiger partial charge in [0.2, 0.25) is 0 Å². The Bertz CT molecular complexity index is 476. The topological polar surface area (TPSA) is 58.6 Å². The van der Waals surface area contributed by atoms with Gasteiger partial charge in [0, 0.05) is 26.8 Å². The number of hydrogen-bond donors (Lipinski definition) is 0. The first-order chi connectivity index (χ1) is 8.99.